The van der Waals surface area contributed by atoms with Crippen LogP contribution in [-0.4, -0.2) is 27.5 Å². The second-order valence-corrected chi connectivity index (χ2v) is 9.53. The lowest BCUT2D eigenvalue weighted by Crippen LogP contribution is -2.29. The molecule has 0 aliphatic heterocycles. The molecular formula is C24H29N7O2S. The highest BCUT2D eigenvalue weighted by atomic mass is 32.2. The molecule has 0 spiro atoms. The van der Waals surface area contributed by atoms with Gasteiger partial charge in [-0.15, -0.1) is 0 Å². The van der Waals surface area contributed by atoms with Crippen LogP contribution in [0.1, 0.15) is 31.2 Å². The Labute approximate surface area is 202 Å². The number of nitrogens with zero attached hydrogens (tertiary/aromatic N) is 3. The van der Waals surface area contributed by atoms with E-state index in [1.54, 1.807) is 11.8 Å². The van der Waals surface area contributed by atoms with Gasteiger partial charge < -0.3 is 22.1 Å². The minimum Gasteiger partial charge on any atom is -0.398 e. The summed E-state index contributed by atoms with van der Waals surface area (Å²) in [5.41, 5.74) is 13.7. The average Bonchev–Trinajstić information content (AvgIpc) is 2.84. The SMILES string of the molecule is Nc1ccccc1Sc1ccccc1CNc1ncc([N+](=O)[O-])c(NC[C@H]2CC[C@H](N)CC2)n1. The van der Waals surface area contributed by atoms with Gasteiger partial charge in [0.25, 0.3) is 0 Å². The summed E-state index contributed by atoms with van der Waals surface area (Å²) >= 11 is 1.59. The smallest absolute Gasteiger partial charge is 0.329 e. The van der Waals surface area contributed by atoms with Gasteiger partial charge in [0.05, 0.1) is 4.92 Å². The Kier molecular flexibility index (Phi) is 7.81. The molecule has 9 nitrogen and oxygen atoms in total. The molecule has 178 valence electrons. The third kappa shape index (κ3) is 6.15. The molecule has 0 saturated heterocycles. The van der Waals surface area contributed by atoms with Crippen molar-refractivity contribution < 1.29 is 4.92 Å². The lowest BCUT2D eigenvalue weighted by atomic mass is 9.86. The van der Waals surface area contributed by atoms with E-state index in [1.165, 1.54) is 6.20 Å². The van der Waals surface area contributed by atoms with Crippen molar-refractivity contribution in [3.05, 3.63) is 70.4 Å². The number of hydrogen-bond acceptors (Lipinski definition) is 9. The van der Waals surface area contributed by atoms with E-state index in [-0.39, 0.29) is 17.5 Å². The third-order valence-corrected chi connectivity index (χ3v) is 7.17. The van der Waals surface area contributed by atoms with Crippen LogP contribution < -0.4 is 22.1 Å². The summed E-state index contributed by atoms with van der Waals surface area (Å²) in [6, 6.07) is 16.0. The van der Waals surface area contributed by atoms with Gasteiger partial charge in [-0.25, -0.2) is 4.98 Å². The zero-order valence-electron chi connectivity index (χ0n) is 18.8. The highest BCUT2D eigenvalue weighted by molar-refractivity contribution is 7.99. The van der Waals surface area contributed by atoms with Crippen molar-refractivity contribution in [2.75, 3.05) is 22.9 Å². The van der Waals surface area contributed by atoms with Crippen LogP contribution in [0.4, 0.5) is 23.1 Å². The lowest BCUT2D eigenvalue weighted by molar-refractivity contribution is -0.384. The Morgan fingerprint density at radius 2 is 1.74 bits per heavy atom. The Bertz CT molecular complexity index is 1140. The van der Waals surface area contributed by atoms with Crippen molar-refractivity contribution in [3.8, 4) is 0 Å². The number of anilines is 3. The number of nitrogens with two attached hydrogens (primary N) is 2. The van der Waals surface area contributed by atoms with Gasteiger partial charge in [0, 0.05) is 34.6 Å². The summed E-state index contributed by atoms with van der Waals surface area (Å²) in [4.78, 5) is 21.6. The van der Waals surface area contributed by atoms with E-state index < -0.39 is 4.92 Å². The lowest BCUT2D eigenvalue weighted by Gasteiger charge is -2.26. The maximum absolute atomic E-state index is 11.5. The molecule has 0 radical (unpaired) electrons. The summed E-state index contributed by atoms with van der Waals surface area (Å²) in [7, 11) is 0. The number of benzene rings is 2. The average molecular weight is 480 g/mol. The first kappa shape index (κ1) is 23.8. The van der Waals surface area contributed by atoms with Crippen molar-refractivity contribution in [1.82, 2.24) is 9.97 Å². The Balaban J connectivity index is 1.44. The largest absolute Gasteiger partial charge is 0.398 e. The molecule has 0 amide bonds. The van der Waals surface area contributed by atoms with E-state index >= 15 is 0 Å². The van der Waals surface area contributed by atoms with Crippen molar-refractivity contribution in [1.29, 1.82) is 0 Å². The van der Waals surface area contributed by atoms with Crippen LogP contribution >= 0.6 is 11.8 Å². The van der Waals surface area contributed by atoms with Crippen molar-refractivity contribution >= 4 is 34.9 Å². The Morgan fingerprint density at radius 1 is 1.03 bits per heavy atom. The monoisotopic (exact) mass is 479 g/mol. The fourth-order valence-electron chi connectivity index (χ4n) is 3.97. The quantitative estimate of drug-likeness (QED) is 0.195. The fourth-order valence-corrected chi connectivity index (χ4v) is 4.96. The number of nitrogen functional groups attached to an aromatic ring is 1. The molecule has 1 aliphatic carbocycles. The van der Waals surface area contributed by atoms with Crippen molar-refractivity contribution in [3.63, 3.8) is 0 Å². The fraction of sp³-hybridized carbons (Fsp3) is 0.333. The zero-order valence-corrected chi connectivity index (χ0v) is 19.6. The summed E-state index contributed by atoms with van der Waals surface area (Å²) in [6.07, 6.45) is 5.24. The number of para-hydroxylation sites is 1. The van der Waals surface area contributed by atoms with Crippen molar-refractivity contribution in [2.24, 2.45) is 11.7 Å². The first-order valence-electron chi connectivity index (χ1n) is 11.3. The summed E-state index contributed by atoms with van der Waals surface area (Å²) in [5, 5.41) is 17.9. The molecule has 1 fully saturated rings. The molecule has 0 bridgehead atoms. The number of nitrogens with one attached hydrogen (secondary N) is 2. The Morgan fingerprint density at radius 3 is 2.47 bits per heavy atom. The van der Waals surface area contributed by atoms with Gasteiger partial charge in [0.1, 0.15) is 6.20 Å². The molecule has 1 aromatic heterocycles. The van der Waals surface area contributed by atoms with Crippen LogP contribution in [-0.2, 0) is 6.54 Å². The maximum atomic E-state index is 11.5. The Hall–Kier alpha value is -3.37. The molecule has 3 aromatic rings. The topological polar surface area (TPSA) is 145 Å². The van der Waals surface area contributed by atoms with Gasteiger partial charge >= 0.3 is 5.69 Å². The second-order valence-electron chi connectivity index (χ2n) is 8.45. The van der Waals surface area contributed by atoms with Crippen LogP contribution in [0.25, 0.3) is 0 Å². The van der Waals surface area contributed by atoms with E-state index in [1.807, 2.05) is 48.5 Å². The normalized spacial score (nSPS) is 17.8. The molecule has 6 N–H and O–H groups in total. The van der Waals surface area contributed by atoms with Gasteiger partial charge in [0.15, 0.2) is 0 Å². The first-order chi connectivity index (χ1) is 16.5. The highest BCUT2D eigenvalue weighted by Gasteiger charge is 2.22. The minimum atomic E-state index is -0.459. The molecule has 34 heavy (non-hydrogen) atoms. The predicted octanol–water partition coefficient (Wildman–Crippen LogP) is 4.66. The highest BCUT2D eigenvalue weighted by Crippen LogP contribution is 2.34. The molecule has 1 saturated carbocycles. The number of hydrogen-bond donors (Lipinski definition) is 4. The number of aromatic nitrogens is 2. The number of rotatable bonds is 9. The van der Waals surface area contributed by atoms with Gasteiger partial charge in [-0.05, 0) is 55.4 Å². The van der Waals surface area contributed by atoms with Gasteiger partial charge in [0.2, 0.25) is 11.8 Å². The molecule has 0 unspecified atom stereocenters. The maximum Gasteiger partial charge on any atom is 0.329 e. The number of nitro groups is 1. The first-order valence-corrected chi connectivity index (χ1v) is 12.2. The zero-order chi connectivity index (χ0) is 23.9. The van der Waals surface area contributed by atoms with Gasteiger partial charge in [-0.3, -0.25) is 10.1 Å². The van der Waals surface area contributed by atoms with E-state index in [2.05, 4.69) is 20.6 Å². The summed E-state index contributed by atoms with van der Waals surface area (Å²) in [6.45, 7) is 1.09. The molecule has 4 rings (SSSR count). The van der Waals surface area contributed by atoms with Crippen LogP contribution in [0, 0.1) is 16.0 Å². The molecule has 1 heterocycles. The minimum absolute atomic E-state index is 0.131. The molecule has 1 aliphatic rings. The van der Waals surface area contributed by atoms with Crippen molar-refractivity contribution in [2.45, 2.75) is 48.1 Å². The van der Waals surface area contributed by atoms with Gasteiger partial charge in [-0.1, -0.05) is 42.1 Å². The predicted molar refractivity (Wildman–Crippen MR) is 136 cm³/mol. The van der Waals surface area contributed by atoms with Crippen LogP contribution in [0.2, 0.25) is 0 Å². The van der Waals surface area contributed by atoms with E-state index in [0.29, 0.717) is 25.0 Å². The van der Waals surface area contributed by atoms with E-state index in [0.717, 1.165) is 46.7 Å². The van der Waals surface area contributed by atoms with Crippen LogP contribution in [0.5, 0.6) is 0 Å². The van der Waals surface area contributed by atoms with Crippen LogP contribution in [0.3, 0.4) is 0 Å². The van der Waals surface area contributed by atoms with E-state index in [4.69, 9.17) is 11.5 Å². The molecule has 0 atom stereocenters. The summed E-state index contributed by atoms with van der Waals surface area (Å²) < 4.78 is 0. The van der Waals surface area contributed by atoms with Crippen LogP contribution in [0.15, 0.2) is 64.5 Å². The summed E-state index contributed by atoms with van der Waals surface area (Å²) in [5.74, 6) is 0.995. The van der Waals surface area contributed by atoms with Gasteiger partial charge in [-0.2, -0.15) is 4.98 Å². The molecular weight excluding hydrogens is 450 g/mol. The standard InChI is InChI=1S/C24H29N7O2S/c25-18-11-9-16(10-12-18)13-27-23-20(31(32)33)15-29-24(30-23)28-14-17-5-1-3-7-21(17)34-22-8-4-2-6-19(22)26/h1-8,15-16,18H,9-14,25-26H2,(H2,27,28,29,30)/t16-,18-. The van der Waals surface area contributed by atoms with E-state index in [9.17, 15) is 10.1 Å². The molecule has 2 aromatic carbocycles. The second kappa shape index (κ2) is 11.2. The molecule has 10 heteroatoms. The third-order valence-electron chi connectivity index (χ3n) is 5.96.